The van der Waals surface area contributed by atoms with Gasteiger partial charge in [0.2, 0.25) is 5.91 Å². The third kappa shape index (κ3) is 3.75. The Labute approximate surface area is 115 Å². The number of aryl methyl sites for hydroxylation is 1. The highest BCUT2D eigenvalue weighted by Crippen LogP contribution is 2.17. The van der Waals surface area contributed by atoms with E-state index >= 15 is 0 Å². The molecule has 0 aliphatic heterocycles. The Morgan fingerprint density at radius 2 is 2.32 bits per heavy atom. The summed E-state index contributed by atoms with van der Waals surface area (Å²) in [6, 6.07) is 3.41. The van der Waals surface area contributed by atoms with Crippen LogP contribution in [0, 0.1) is 6.92 Å². The molecule has 6 heteroatoms. The zero-order valence-electron chi connectivity index (χ0n) is 10.9. The van der Waals surface area contributed by atoms with Crippen molar-refractivity contribution in [3.63, 3.8) is 0 Å². The topological polar surface area (TPSA) is 80.9 Å². The first-order valence-electron chi connectivity index (χ1n) is 5.96. The molecule has 1 amide bonds. The molecule has 2 rings (SSSR count). The van der Waals surface area contributed by atoms with Gasteiger partial charge in [0, 0.05) is 16.8 Å². The number of amides is 1. The lowest BCUT2D eigenvalue weighted by Crippen LogP contribution is -2.28. The molecule has 2 aromatic rings. The molecular formula is C13H16N4OS. The van der Waals surface area contributed by atoms with Gasteiger partial charge in [0.1, 0.15) is 5.01 Å². The second-order valence-corrected chi connectivity index (χ2v) is 5.27. The predicted molar refractivity (Wildman–Crippen MR) is 75.8 cm³/mol. The van der Waals surface area contributed by atoms with Crippen LogP contribution in [-0.2, 0) is 11.2 Å². The van der Waals surface area contributed by atoms with E-state index in [1.807, 2.05) is 19.2 Å². The normalized spacial score (nSPS) is 12.1. The number of anilines is 1. The minimum absolute atomic E-state index is 0.0716. The molecule has 2 aromatic heterocycles. The number of thiazole rings is 1. The third-order valence-corrected chi connectivity index (χ3v) is 3.72. The molecule has 100 valence electrons. The van der Waals surface area contributed by atoms with Crippen LogP contribution in [0.25, 0.3) is 0 Å². The van der Waals surface area contributed by atoms with Crippen LogP contribution in [0.4, 0.5) is 5.69 Å². The molecule has 0 spiro atoms. The van der Waals surface area contributed by atoms with E-state index in [0.717, 1.165) is 10.7 Å². The molecule has 0 aliphatic rings. The Morgan fingerprint density at radius 1 is 1.53 bits per heavy atom. The van der Waals surface area contributed by atoms with Crippen LogP contribution in [0.3, 0.4) is 0 Å². The van der Waals surface area contributed by atoms with Crippen molar-refractivity contribution in [3.8, 4) is 0 Å². The largest absolute Gasteiger partial charge is 0.397 e. The van der Waals surface area contributed by atoms with Gasteiger partial charge in [0.15, 0.2) is 0 Å². The van der Waals surface area contributed by atoms with Gasteiger partial charge in [-0.15, -0.1) is 11.3 Å². The number of nitrogens with two attached hydrogens (primary N) is 1. The standard InChI is InChI=1S/C13H16N4OS/c1-8-7-19-13(16-8)9(2)17-12(18)5-11-4-3-10(14)6-15-11/h3-4,6-7,9H,5,14H2,1-2H3,(H,17,18). The van der Waals surface area contributed by atoms with Gasteiger partial charge in [-0.3, -0.25) is 9.78 Å². The number of carbonyl (C=O) groups is 1. The lowest BCUT2D eigenvalue weighted by molar-refractivity contribution is -0.121. The van der Waals surface area contributed by atoms with Crippen LogP contribution in [0.5, 0.6) is 0 Å². The Hall–Kier alpha value is -1.95. The van der Waals surface area contributed by atoms with Crippen LogP contribution in [0.1, 0.15) is 29.4 Å². The fraction of sp³-hybridized carbons (Fsp3) is 0.308. The molecule has 0 saturated heterocycles. The maximum absolute atomic E-state index is 11.9. The van der Waals surface area contributed by atoms with Crippen molar-refractivity contribution in [2.75, 3.05) is 5.73 Å². The van der Waals surface area contributed by atoms with Gasteiger partial charge in [-0.1, -0.05) is 0 Å². The average molecular weight is 276 g/mol. The van der Waals surface area contributed by atoms with E-state index in [1.54, 1.807) is 29.7 Å². The summed E-state index contributed by atoms with van der Waals surface area (Å²) in [6.45, 7) is 3.86. The van der Waals surface area contributed by atoms with Crippen molar-refractivity contribution >= 4 is 22.9 Å². The van der Waals surface area contributed by atoms with Crippen molar-refractivity contribution in [2.45, 2.75) is 26.3 Å². The number of rotatable bonds is 4. The molecule has 0 aromatic carbocycles. The van der Waals surface area contributed by atoms with E-state index in [-0.39, 0.29) is 18.4 Å². The molecular weight excluding hydrogens is 260 g/mol. The van der Waals surface area contributed by atoms with Gasteiger partial charge >= 0.3 is 0 Å². The molecule has 2 heterocycles. The highest BCUT2D eigenvalue weighted by Gasteiger charge is 2.13. The number of hydrogen-bond acceptors (Lipinski definition) is 5. The van der Waals surface area contributed by atoms with Gasteiger partial charge in [-0.25, -0.2) is 4.98 Å². The average Bonchev–Trinajstić information content (AvgIpc) is 2.79. The summed E-state index contributed by atoms with van der Waals surface area (Å²) < 4.78 is 0. The molecule has 1 atom stereocenters. The van der Waals surface area contributed by atoms with E-state index < -0.39 is 0 Å². The van der Waals surface area contributed by atoms with Crippen LogP contribution < -0.4 is 11.1 Å². The molecule has 0 radical (unpaired) electrons. The van der Waals surface area contributed by atoms with Gasteiger partial charge in [0.25, 0.3) is 0 Å². The van der Waals surface area contributed by atoms with Crippen molar-refractivity contribution in [1.82, 2.24) is 15.3 Å². The molecule has 0 fully saturated rings. The van der Waals surface area contributed by atoms with E-state index in [2.05, 4.69) is 15.3 Å². The molecule has 0 saturated carbocycles. The zero-order chi connectivity index (χ0) is 13.8. The molecule has 0 aliphatic carbocycles. The maximum Gasteiger partial charge on any atom is 0.226 e. The number of nitrogens with one attached hydrogen (secondary N) is 1. The Morgan fingerprint density at radius 3 is 2.89 bits per heavy atom. The minimum Gasteiger partial charge on any atom is -0.397 e. The lowest BCUT2D eigenvalue weighted by atomic mass is 10.2. The Kier molecular flexibility index (Phi) is 4.11. The first-order chi connectivity index (χ1) is 9.04. The van der Waals surface area contributed by atoms with Gasteiger partial charge in [-0.2, -0.15) is 0 Å². The first kappa shape index (κ1) is 13.5. The van der Waals surface area contributed by atoms with E-state index in [9.17, 15) is 4.79 Å². The number of pyridine rings is 1. The number of nitrogen functional groups attached to an aromatic ring is 1. The Bertz CT molecular complexity index is 564. The molecule has 0 bridgehead atoms. The summed E-state index contributed by atoms with van der Waals surface area (Å²) >= 11 is 1.55. The van der Waals surface area contributed by atoms with Crippen LogP contribution in [0.2, 0.25) is 0 Å². The van der Waals surface area contributed by atoms with Crippen molar-refractivity contribution in [2.24, 2.45) is 0 Å². The van der Waals surface area contributed by atoms with E-state index in [0.29, 0.717) is 11.4 Å². The van der Waals surface area contributed by atoms with Gasteiger partial charge in [0.05, 0.1) is 24.3 Å². The lowest BCUT2D eigenvalue weighted by Gasteiger charge is -2.11. The van der Waals surface area contributed by atoms with Gasteiger partial charge < -0.3 is 11.1 Å². The smallest absolute Gasteiger partial charge is 0.226 e. The maximum atomic E-state index is 11.9. The van der Waals surface area contributed by atoms with Crippen LogP contribution in [-0.4, -0.2) is 15.9 Å². The minimum atomic E-state index is -0.0834. The van der Waals surface area contributed by atoms with Crippen molar-refractivity contribution in [3.05, 3.63) is 40.1 Å². The molecule has 5 nitrogen and oxygen atoms in total. The van der Waals surface area contributed by atoms with Crippen molar-refractivity contribution < 1.29 is 4.79 Å². The highest BCUT2D eigenvalue weighted by molar-refractivity contribution is 7.09. The molecule has 3 N–H and O–H groups in total. The number of carbonyl (C=O) groups excluding carboxylic acids is 1. The fourth-order valence-corrected chi connectivity index (χ4v) is 2.43. The van der Waals surface area contributed by atoms with E-state index in [1.165, 1.54) is 0 Å². The summed E-state index contributed by atoms with van der Waals surface area (Å²) in [5.74, 6) is -0.0716. The fourth-order valence-electron chi connectivity index (χ4n) is 1.63. The number of nitrogens with zero attached hydrogens (tertiary/aromatic N) is 2. The quantitative estimate of drug-likeness (QED) is 0.893. The summed E-state index contributed by atoms with van der Waals surface area (Å²) in [5, 5.41) is 5.80. The molecule has 19 heavy (non-hydrogen) atoms. The zero-order valence-corrected chi connectivity index (χ0v) is 11.7. The van der Waals surface area contributed by atoms with Crippen LogP contribution >= 0.6 is 11.3 Å². The number of aromatic nitrogens is 2. The SMILES string of the molecule is Cc1csc(C(C)NC(=O)Cc2ccc(N)cn2)n1. The summed E-state index contributed by atoms with van der Waals surface area (Å²) in [6.07, 6.45) is 1.80. The van der Waals surface area contributed by atoms with Crippen LogP contribution in [0.15, 0.2) is 23.7 Å². The Balaban J connectivity index is 1.92. The van der Waals surface area contributed by atoms with E-state index in [4.69, 9.17) is 5.73 Å². The predicted octanol–water partition coefficient (Wildman–Crippen LogP) is 1.85. The van der Waals surface area contributed by atoms with Crippen molar-refractivity contribution in [1.29, 1.82) is 0 Å². The number of hydrogen-bond donors (Lipinski definition) is 2. The second-order valence-electron chi connectivity index (χ2n) is 4.38. The second kappa shape index (κ2) is 5.79. The van der Waals surface area contributed by atoms with Gasteiger partial charge in [-0.05, 0) is 26.0 Å². The summed E-state index contributed by atoms with van der Waals surface area (Å²) in [5.41, 5.74) is 7.82. The summed E-state index contributed by atoms with van der Waals surface area (Å²) in [7, 11) is 0. The highest BCUT2D eigenvalue weighted by atomic mass is 32.1. The third-order valence-electron chi connectivity index (χ3n) is 2.57. The molecule has 1 unspecified atom stereocenters. The monoisotopic (exact) mass is 276 g/mol. The first-order valence-corrected chi connectivity index (χ1v) is 6.84. The summed E-state index contributed by atoms with van der Waals surface area (Å²) in [4.78, 5) is 20.3.